The van der Waals surface area contributed by atoms with E-state index >= 15 is 0 Å². The van der Waals surface area contributed by atoms with Crippen molar-refractivity contribution in [3.8, 4) is 0 Å². The standard InChI is InChI=1S/C16H16F2N2/c17-12-6-7-13(14(18)10-12)15(20-19)16(8-9-16)11-4-2-1-3-5-11/h1-7,10,15,20H,8-9,19H2. The Kier molecular flexibility index (Phi) is 3.28. The quantitative estimate of drug-likeness (QED) is 0.663. The zero-order chi connectivity index (χ0) is 14.2. The zero-order valence-corrected chi connectivity index (χ0v) is 10.9. The van der Waals surface area contributed by atoms with E-state index in [0.29, 0.717) is 5.56 Å². The maximum absolute atomic E-state index is 14.0. The Morgan fingerprint density at radius 1 is 1.05 bits per heavy atom. The first-order valence-electron chi connectivity index (χ1n) is 6.64. The van der Waals surface area contributed by atoms with Gasteiger partial charge >= 0.3 is 0 Å². The number of hydrazine groups is 1. The van der Waals surface area contributed by atoms with E-state index < -0.39 is 11.6 Å². The van der Waals surface area contributed by atoms with E-state index in [1.54, 1.807) is 0 Å². The lowest BCUT2D eigenvalue weighted by Gasteiger charge is -2.27. The van der Waals surface area contributed by atoms with Gasteiger partial charge in [0.1, 0.15) is 11.6 Å². The monoisotopic (exact) mass is 274 g/mol. The van der Waals surface area contributed by atoms with Gasteiger partial charge in [0.25, 0.3) is 0 Å². The molecule has 3 N–H and O–H groups in total. The van der Waals surface area contributed by atoms with Crippen molar-refractivity contribution in [2.75, 3.05) is 0 Å². The van der Waals surface area contributed by atoms with Crippen molar-refractivity contribution in [1.29, 1.82) is 0 Å². The van der Waals surface area contributed by atoms with Crippen LogP contribution in [0, 0.1) is 11.6 Å². The Bertz CT molecular complexity index is 609. The van der Waals surface area contributed by atoms with Gasteiger partial charge in [-0.2, -0.15) is 0 Å². The molecule has 0 amide bonds. The first-order chi connectivity index (χ1) is 9.67. The van der Waals surface area contributed by atoms with Crippen LogP contribution in [-0.4, -0.2) is 0 Å². The minimum Gasteiger partial charge on any atom is -0.271 e. The highest BCUT2D eigenvalue weighted by atomic mass is 19.1. The molecule has 0 saturated heterocycles. The summed E-state index contributed by atoms with van der Waals surface area (Å²) < 4.78 is 27.1. The van der Waals surface area contributed by atoms with Gasteiger partial charge < -0.3 is 0 Å². The van der Waals surface area contributed by atoms with Crippen LogP contribution >= 0.6 is 0 Å². The van der Waals surface area contributed by atoms with Gasteiger partial charge in [0.2, 0.25) is 0 Å². The maximum Gasteiger partial charge on any atom is 0.130 e. The predicted octanol–water partition coefficient (Wildman–Crippen LogP) is 3.20. The predicted molar refractivity (Wildman–Crippen MR) is 73.8 cm³/mol. The number of benzene rings is 2. The molecule has 2 aromatic rings. The van der Waals surface area contributed by atoms with E-state index in [1.807, 2.05) is 30.3 Å². The Hall–Kier alpha value is -1.78. The van der Waals surface area contributed by atoms with Crippen LogP contribution in [-0.2, 0) is 5.41 Å². The van der Waals surface area contributed by atoms with Crippen LogP contribution in [0.25, 0.3) is 0 Å². The van der Waals surface area contributed by atoms with Gasteiger partial charge in [-0.3, -0.25) is 11.3 Å². The molecule has 2 nitrogen and oxygen atoms in total. The van der Waals surface area contributed by atoms with E-state index in [9.17, 15) is 8.78 Å². The van der Waals surface area contributed by atoms with Crippen molar-refractivity contribution in [2.24, 2.45) is 5.84 Å². The molecular weight excluding hydrogens is 258 g/mol. The molecular formula is C16H16F2N2. The van der Waals surface area contributed by atoms with Gasteiger partial charge in [0, 0.05) is 17.0 Å². The summed E-state index contributed by atoms with van der Waals surface area (Å²) in [6, 6.07) is 13.2. The molecule has 0 spiro atoms. The van der Waals surface area contributed by atoms with Gasteiger partial charge in [-0.15, -0.1) is 0 Å². The van der Waals surface area contributed by atoms with Crippen LogP contribution in [0.15, 0.2) is 48.5 Å². The lowest BCUT2D eigenvalue weighted by atomic mass is 9.84. The number of nitrogens with one attached hydrogen (secondary N) is 1. The maximum atomic E-state index is 14.0. The summed E-state index contributed by atoms with van der Waals surface area (Å²) in [7, 11) is 0. The molecule has 0 heterocycles. The van der Waals surface area contributed by atoms with E-state index in [2.05, 4.69) is 5.43 Å². The second-order valence-corrected chi connectivity index (χ2v) is 5.29. The number of nitrogens with two attached hydrogens (primary N) is 1. The highest BCUT2D eigenvalue weighted by molar-refractivity contribution is 5.38. The summed E-state index contributed by atoms with van der Waals surface area (Å²) in [5.41, 5.74) is 4.06. The molecule has 1 saturated carbocycles. The molecule has 0 aliphatic heterocycles. The SMILES string of the molecule is NNC(c1ccc(F)cc1F)C1(c2ccccc2)CC1. The molecule has 1 atom stereocenters. The highest BCUT2D eigenvalue weighted by Crippen LogP contribution is 2.56. The molecule has 0 aromatic heterocycles. The second kappa shape index (κ2) is 4.96. The summed E-state index contributed by atoms with van der Waals surface area (Å²) in [5, 5.41) is 0. The Morgan fingerprint density at radius 2 is 1.75 bits per heavy atom. The van der Waals surface area contributed by atoms with Crippen molar-refractivity contribution in [2.45, 2.75) is 24.3 Å². The fourth-order valence-corrected chi connectivity index (χ4v) is 2.93. The number of hydrogen-bond donors (Lipinski definition) is 2. The van der Waals surface area contributed by atoms with Crippen LogP contribution in [0.3, 0.4) is 0 Å². The lowest BCUT2D eigenvalue weighted by molar-refractivity contribution is 0.418. The van der Waals surface area contributed by atoms with Crippen molar-refractivity contribution in [3.05, 3.63) is 71.3 Å². The van der Waals surface area contributed by atoms with Crippen molar-refractivity contribution < 1.29 is 8.78 Å². The fourth-order valence-electron chi connectivity index (χ4n) is 2.93. The first kappa shape index (κ1) is 13.2. The fraction of sp³-hybridized carbons (Fsp3) is 0.250. The van der Waals surface area contributed by atoms with E-state index in [-0.39, 0.29) is 11.5 Å². The van der Waals surface area contributed by atoms with Crippen molar-refractivity contribution >= 4 is 0 Å². The topological polar surface area (TPSA) is 38.0 Å². The minimum absolute atomic E-state index is 0.200. The zero-order valence-electron chi connectivity index (χ0n) is 10.9. The van der Waals surface area contributed by atoms with Gasteiger partial charge in [-0.1, -0.05) is 36.4 Å². The average molecular weight is 274 g/mol. The van der Waals surface area contributed by atoms with Crippen molar-refractivity contribution in [3.63, 3.8) is 0 Å². The Labute approximate surface area is 116 Å². The van der Waals surface area contributed by atoms with E-state index in [1.165, 1.54) is 12.1 Å². The summed E-state index contributed by atoms with van der Waals surface area (Å²) in [4.78, 5) is 0. The van der Waals surface area contributed by atoms with Crippen LogP contribution < -0.4 is 11.3 Å². The summed E-state index contributed by atoms with van der Waals surface area (Å²) in [5.74, 6) is 4.53. The largest absolute Gasteiger partial charge is 0.271 e. The van der Waals surface area contributed by atoms with Gasteiger partial charge in [0.05, 0.1) is 6.04 Å². The van der Waals surface area contributed by atoms with Gasteiger partial charge in [0.15, 0.2) is 0 Å². The summed E-state index contributed by atoms with van der Waals surface area (Å²) in [6.45, 7) is 0. The average Bonchev–Trinajstić information content (AvgIpc) is 3.25. The molecule has 0 radical (unpaired) electrons. The molecule has 4 heteroatoms. The molecule has 2 aromatic carbocycles. The molecule has 1 aliphatic rings. The lowest BCUT2D eigenvalue weighted by Crippen LogP contribution is -2.37. The molecule has 104 valence electrons. The van der Waals surface area contributed by atoms with E-state index in [0.717, 1.165) is 24.5 Å². The third-order valence-corrected chi connectivity index (χ3v) is 4.13. The number of rotatable bonds is 4. The highest BCUT2D eigenvalue weighted by Gasteiger charge is 2.51. The minimum atomic E-state index is -0.577. The molecule has 3 rings (SSSR count). The smallest absolute Gasteiger partial charge is 0.130 e. The van der Waals surface area contributed by atoms with Gasteiger partial charge in [-0.05, 0) is 24.5 Å². The Balaban J connectivity index is 2.02. The third-order valence-electron chi connectivity index (χ3n) is 4.13. The third kappa shape index (κ3) is 2.11. The second-order valence-electron chi connectivity index (χ2n) is 5.29. The van der Waals surface area contributed by atoms with Crippen LogP contribution in [0.4, 0.5) is 8.78 Å². The number of halogens is 2. The van der Waals surface area contributed by atoms with Crippen molar-refractivity contribution in [1.82, 2.24) is 5.43 Å². The summed E-state index contributed by atoms with van der Waals surface area (Å²) in [6.07, 6.45) is 1.87. The van der Waals surface area contributed by atoms with Crippen LogP contribution in [0.1, 0.15) is 30.0 Å². The molecule has 1 fully saturated rings. The Morgan fingerprint density at radius 3 is 2.30 bits per heavy atom. The number of hydrogen-bond acceptors (Lipinski definition) is 2. The van der Waals surface area contributed by atoms with Gasteiger partial charge in [-0.25, -0.2) is 8.78 Å². The van der Waals surface area contributed by atoms with E-state index in [4.69, 9.17) is 5.84 Å². The molecule has 20 heavy (non-hydrogen) atoms. The molecule has 0 bridgehead atoms. The molecule has 1 aliphatic carbocycles. The first-order valence-corrected chi connectivity index (χ1v) is 6.64. The molecule has 1 unspecified atom stereocenters. The summed E-state index contributed by atoms with van der Waals surface area (Å²) >= 11 is 0. The normalized spacial score (nSPS) is 17.8. The van der Waals surface area contributed by atoms with Crippen LogP contribution in [0.2, 0.25) is 0 Å². The van der Waals surface area contributed by atoms with Crippen LogP contribution in [0.5, 0.6) is 0 Å².